The van der Waals surface area contributed by atoms with Crippen LogP contribution in [0.3, 0.4) is 0 Å². The molecule has 0 radical (unpaired) electrons. The normalized spacial score (nSPS) is 18.2. The Morgan fingerprint density at radius 1 is 1.15 bits per heavy atom. The first-order valence-corrected chi connectivity index (χ1v) is 10.00. The number of aryl methyl sites for hydroxylation is 1. The molecule has 1 fully saturated rings. The van der Waals surface area contributed by atoms with Crippen molar-refractivity contribution in [2.75, 3.05) is 19.6 Å². The van der Waals surface area contributed by atoms with Gasteiger partial charge in [-0.05, 0) is 42.3 Å². The number of fused-ring (bicyclic) bond motifs is 1. The molecule has 2 aromatic heterocycles. The van der Waals surface area contributed by atoms with E-state index in [-0.39, 0.29) is 18.4 Å². The van der Waals surface area contributed by atoms with Gasteiger partial charge >= 0.3 is 0 Å². The van der Waals surface area contributed by atoms with Gasteiger partial charge in [0.05, 0.1) is 16.5 Å². The number of aromatic nitrogens is 2. The highest BCUT2D eigenvalue weighted by Crippen LogP contribution is 2.32. The van der Waals surface area contributed by atoms with Gasteiger partial charge in [-0.3, -0.25) is 9.97 Å². The van der Waals surface area contributed by atoms with E-state index in [1.165, 1.54) is 0 Å². The van der Waals surface area contributed by atoms with Crippen molar-refractivity contribution in [2.45, 2.75) is 17.9 Å². The number of nitrogens with zero attached hydrogens (tertiary/aromatic N) is 3. The molecule has 1 unspecified atom stereocenters. The minimum atomic E-state index is -3.68. The number of rotatable bonds is 3. The van der Waals surface area contributed by atoms with E-state index in [4.69, 9.17) is 0 Å². The minimum Gasteiger partial charge on any atom is -0.313 e. The van der Waals surface area contributed by atoms with Crippen LogP contribution in [0.25, 0.3) is 10.9 Å². The van der Waals surface area contributed by atoms with Crippen LogP contribution in [0.5, 0.6) is 0 Å². The minimum absolute atomic E-state index is 0. The number of halogens is 1. The van der Waals surface area contributed by atoms with Gasteiger partial charge in [-0.15, -0.1) is 12.4 Å². The number of benzene rings is 1. The van der Waals surface area contributed by atoms with Gasteiger partial charge in [-0.2, -0.15) is 4.31 Å². The molecular formula is C19H21ClN4O2S. The van der Waals surface area contributed by atoms with Gasteiger partial charge in [0, 0.05) is 43.6 Å². The summed E-state index contributed by atoms with van der Waals surface area (Å²) in [6.45, 7) is 3.54. The highest BCUT2D eigenvalue weighted by Gasteiger charge is 2.35. The molecule has 0 amide bonds. The Kier molecular flexibility index (Phi) is 5.76. The van der Waals surface area contributed by atoms with Gasteiger partial charge in [-0.25, -0.2) is 8.42 Å². The predicted molar refractivity (Wildman–Crippen MR) is 107 cm³/mol. The van der Waals surface area contributed by atoms with Crippen molar-refractivity contribution in [1.29, 1.82) is 0 Å². The average molecular weight is 405 g/mol. The first kappa shape index (κ1) is 19.7. The SMILES string of the molecule is Cc1ccc(S(=O)(=O)N2CCNCC2c2cccnc2)c2cccnc12.Cl. The van der Waals surface area contributed by atoms with E-state index < -0.39 is 10.0 Å². The van der Waals surface area contributed by atoms with Crippen molar-refractivity contribution in [3.8, 4) is 0 Å². The fourth-order valence-corrected chi connectivity index (χ4v) is 5.27. The van der Waals surface area contributed by atoms with Crippen LogP contribution in [0.2, 0.25) is 0 Å². The molecule has 142 valence electrons. The highest BCUT2D eigenvalue weighted by molar-refractivity contribution is 7.89. The van der Waals surface area contributed by atoms with Crippen molar-refractivity contribution < 1.29 is 8.42 Å². The van der Waals surface area contributed by atoms with Crippen molar-refractivity contribution >= 4 is 33.3 Å². The quantitative estimate of drug-likeness (QED) is 0.726. The highest BCUT2D eigenvalue weighted by atomic mass is 35.5. The van der Waals surface area contributed by atoms with E-state index in [0.29, 0.717) is 29.9 Å². The van der Waals surface area contributed by atoms with Gasteiger partial charge in [-0.1, -0.05) is 12.1 Å². The lowest BCUT2D eigenvalue weighted by Crippen LogP contribution is -2.48. The van der Waals surface area contributed by atoms with E-state index >= 15 is 0 Å². The average Bonchev–Trinajstić information content (AvgIpc) is 2.69. The molecule has 4 rings (SSSR count). The van der Waals surface area contributed by atoms with Crippen LogP contribution in [0.15, 0.2) is 59.9 Å². The molecule has 8 heteroatoms. The summed E-state index contributed by atoms with van der Waals surface area (Å²) in [4.78, 5) is 8.83. The number of piperazine rings is 1. The Balaban J connectivity index is 0.00000210. The standard InChI is InChI=1S/C19H20N4O2S.ClH/c1-14-6-7-18(16-5-3-9-22-19(14)16)26(24,25)23-11-10-21-13-17(23)15-4-2-8-20-12-15;/h2-9,12,17,21H,10-11,13H2,1H3;1H. The summed E-state index contributed by atoms with van der Waals surface area (Å²) in [5, 5.41) is 3.95. The zero-order chi connectivity index (χ0) is 18.1. The second kappa shape index (κ2) is 7.90. The Bertz CT molecular complexity index is 1040. The molecule has 6 nitrogen and oxygen atoms in total. The number of sulfonamides is 1. The Morgan fingerprint density at radius 2 is 1.96 bits per heavy atom. The first-order valence-electron chi connectivity index (χ1n) is 8.56. The summed E-state index contributed by atoms with van der Waals surface area (Å²) in [5.41, 5.74) is 2.57. The molecule has 1 aliphatic heterocycles. The fourth-order valence-electron chi connectivity index (χ4n) is 3.47. The number of pyridine rings is 2. The first-order chi connectivity index (χ1) is 12.6. The number of hydrogen-bond acceptors (Lipinski definition) is 5. The maximum atomic E-state index is 13.5. The molecule has 1 N–H and O–H groups in total. The zero-order valence-electron chi connectivity index (χ0n) is 14.9. The van der Waals surface area contributed by atoms with Crippen molar-refractivity contribution in [3.63, 3.8) is 0 Å². The van der Waals surface area contributed by atoms with E-state index in [9.17, 15) is 8.42 Å². The van der Waals surface area contributed by atoms with Crippen molar-refractivity contribution in [2.24, 2.45) is 0 Å². The summed E-state index contributed by atoms with van der Waals surface area (Å²) in [5.74, 6) is 0. The van der Waals surface area contributed by atoms with Crippen molar-refractivity contribution in [1.82, 2.24) is 19.6 Å². The molecule has 1 saturated heterocycles. The Hall–Kier alpha value is -2.06. The van der Waals surface area contributed by atoms with E-state index in [1.54, 1.807) is 35.0 Å². The number of nitrogens with one attached hydrogen (secondary N) is 1. The lowest BCUT2D eigenvalue weighted by molar-refractivity contribution is 0.271. The largest absolute Gasteiger partial charge is 0.313 e. The van der Waals surface area contributed by atoms with Crippen LogP contribution >= 0.6 is 12.4 Å². The van der Waals surface area contributed by atoms with Crippen LogP contribution in [-0.4, -0.2) is 42.3 Å². The molecule has 3 heterocycles. The monoisotopic (exact) mass is 404 g/mol. The zero-order valence-corrected chi connectivity index (χ0v) is 16.5. The van der Waals surface area contributed by atoms with Crippen LogP contribution in [0, 0.1) is 6.92 Å². The number of hydrogen-bond donors (Lipinski definition) is 1. The van der Waals surface area contributed by atoms with Crippen LogP contribution < -0.4 is 5.32 Å². The molecule has 0 aliphatic carbocycles. The molecule has 0 bridgehead atoms. The second-order valence-electron chi connectivity index (χ2n) is 6.40. The maximum Gasteiger partial charge on any atom is 0.244 e. The summed E-state index contributed by atoms with van der Waals surface area (Å²) in [7, 11) is -3.68. The van der Waals surface area contributed by atoms with Crippen molar-refractivity contribution in [3.05, 3.63) is 66.1 Å². The van der Waals surface area contributed by atoms with Gasteiger partial charge in [0.25, 0.3) is 0 Å². The molecular weight excluding hydrogens is 384 g/mol. The Labute approximate surface area is 165 Å². The maximum absolute atomic E-state index is 13.5. The predicted octanol–water partition coefficient (Wildman–Crippen LogP) is 2.70. The van der Waals surface area contributed by atoms with Gasteiger partial charge < -0.3 is 5.32 Å². The summed E-state index contributed by atoms with van der Waals surface area (Å²) in [6, 6.07) is 10.6. The summed E-state index contributed by atoms with van der Waals surface area (Å²) >= 11 is 0. The van der Waals surface area contributed by atoms with E-state index in [2.05, 4.69) is 15.3 Å². The Morgan fingerprint density at radius 3 is 2.74 bits per heavy atom. The lowest BCUT2D eigenvalue weighted by atomic mass is 10.1. The van der Waals surface area contributed by atoms with E-state index in [0.717, 1.165) is 16.6 Å². The second-order valence-corrected chi connectivity index (χ2v) is 8.26. The molecule has 1 aromatic carbocycles. The summed E-state index contributed by atoms with van der Waals surface area (Å²) in [6.07, 6.45) is 5.11. The van der Waals surface area contributed by atoms with Crippen LogP contribution in [0.1, 0.15) is 17.2 Å². The topological polar surface area (TPSA) is 75.2 Å². The third-order valence-corrected chi connectivity index (χ3v) is 6.75. The van der Waals surface area contributed by atoms with Crippen LogP contribution in [0.4, 0.5) is 0 Å². The molecule has 1 atom stereocenters. The molecule has 1 aliphatic rings. The third kappa shape index (κ3) is 3.55. The van der Waals surface area contributed by atoms with Gasteiger partial charge in [0.2, 0.25) is 10.0 Å². The smallest absolute Gasteiger partial charge is 0.244 e. The molecule has 0 saturated carbocycles. The van der Waals surface area contributed by atoms with E-state index in [1.807, 2.05) is 31.2 Å². The molecule has 27 heavy (non-hydrogen) atoms. The molecule has 3 aromatic rings. The fraction of sp³-hybridized carbons (Fsp3) is 0.263. The van der Waals surface area contributed by atoms with Crippen LogP contribution in [-0.2, 0) is 10.0 Å². The third-order valence-electron chi connectivity index (χ3n) is 4.78. The van der Waals surface area contributed by atoms with Gasteiger partial charge in [0.1, 0.15) is 0 Å². The lowest BCUT2D eigenvalue weighted by Gasteiger charge is -2.35. The molecule has 0 spiro atoms. The van der Waals surface area contributed by atoms with Gasteiger partial charge in [0.15, 0.2) is 0 Å². The summed E-state index contributed by atoms with van der Waals surface area (Å²) < 4.78 is 28.7.